The van der Waals surface area contributed by atoms with Crippen LogP contribution < -0.4 is 10.5 Å². The Labute approximate surface area is 102 Å². The predicted molar refractivity (Wildman–Crippen MR) is 66.0 cm³/mol. The molecule has 1 aromatic carbocycles. The summed E-state index contributed by atoms with van der Waals surface area (Å²) in [6, 6.07) is 6.68. The fraction of sp³-hybridized carbons (Fsp3) is 0.455. The van der Waals surface area contributed by atoms with Gasteiger partial charge in [-0.2, -0.15) is 0 Å². The van der Waals surface area contributed by atoms with Crippen LogP contribution in [-0.4, -0.2) is 28.2 Å². The minimum Gasteiger partial charge on any atom is -0.380 e. The van der Waals surface area contributed by atoms with E-state index in [9.17, 15) is 8.42 Å². The van der Waals surface area contributed by atoms with Crippen molar-refractivity contribution in [2.75, 3.05) is 13.7 Å². The van der Waals surface area contributed by atoms with Gasteiger partial charge in [-0.1, -0.05) is 18.2 Å². The molecule has 0 aromatic heterocycles. The van der Waals surface area contributed by atoms with Gasteiger partial charge in [-0.05, 0) is 18.6 Å². The summed E-state index contributed by atoms with van der Waals surface area (Å²) in [6.45, 7) is 2.21. The van der Waals surface area contributed by atoms with E-state index in [-0.39, 0.29) is 24.1 Å². The molecule has 0 spiro atoms. The molecule has 0 amide bonds. The van der Waals surface area contributed by atoms with Crippen LogP contribution in [0, 0.1) is 0 Å². The van der Waals surface area contributed by atoms with Crippen LogP contribution >= 0.6 is 0 Å². The zero-order valence-electron chi connectivity index (χ0n) is 10.0. The molecular formula is C11H18N2O3S. The van der Waals surface area contributed by atoms with Crippen LogP contribution in [0.4, 0.5) is 0 Å². The predicted octanol–water partition coefficient (Wildman–Crippen LogP) is 0.458. The summed E-state index contributed by atoms with van der Waals surface area (Å²) in [6.07, 6.45) is -0.171. The minimum atomic E-state index is -3.52. The average molecular weight is 258 g/mol. The first kappa shape index (κ1) is 14.1. The normalized spacial score (nSPS) is 13.6. The summed E-state index contributed by atoms with van der Waals surface area (Å²) in [4.78, 5) is 0.228. The largest absolute Gasteiger partial charge is 0.380 e. The molecule has 3 N–H and O–H groups in total. The van der Waals surface area contributed by atoms with E-state index in [2.05, 4.69) is 4.72 Å². The molecule has 1 rings (SSSR count). The summed E-state index contributed by atoms with van der Waals surface area (Å²) < 4.78 is 31.5. The van der Waals surface area contributed by atoms with Gasteiger partial charge in [0.2, 0.25) is 10.0 Å². The fourth-order valence-corrected chi connectivity index (χ4v) is 2.69. The van der Waals surface area contributed by atoms with Crippen molar-refractivity contribution in [3.8, 4) is 0 Å². The number of ether oxygens (including phenoxy) is 1. The number of nitrogens with two attached hydrogens (primary N) is 1. The Balaban J connectivity index is 2.89. The molecule has 0 aliphatic carbocycles. The highest BCUT2D eigenvalue weighted by atomic mass is 32.2. The number of benzene rings is 1. The van der Waals surface area contributed by atoms with Crippen molar-refractivity contribution in [1.29, 1.82) is 0 Å². The van der Waals surface area contributed by atoms with E-state index in [0.29, 0.717) is 5.56 Å². The third-order valence-electron chi connectivity index (χ3n) is 2.45. The molecule has 1 unspecified atom stereocenters. The molecular weight excluding hydrogens is 240 g/mol. The van der Waals surface area contributed by atoms with E-state index in [1.807, 2.05) is 0 Å². The monoisotopic (exact) mass is 258 g/mol. The van der Waals surface area contributed by atoms with Crippen molar-refractivity contribution < 1.29 is 13.2 Å². The van der Waals surface area contributed by atoms with E-state index < -0.39 is 10.0 Å². The van der Waals surface area contributed by atoms with E-state index in [4.69, 9.17) is 10.5 Å². The maximum Gasteiger partial charge on any atom is 0.240 e. The van der Waals surface area contributed by atoms with Gasteiger partial charge < -0.3 is 10.5 Å². The lowest BCUT2D eigenvalue weighted by molar-refractivity contribution is 0.122. The van der Waals surface area contributed by atoms with E-state index in [0.717, 1.165) is 0 Å². The van der Waals surface area contributed by atoms with E-state index in [1.165, 1.54) is 7.11 Å². The van der Waals surface area contributed by atoms with Crippen LogP contribution in [0.1, 0.15) is 12.5 Å². The van der Waals surface area contributed by atoms with Crippen LogP contribution in [0.2, 0.25) is 0 Å². The van der Waals surface area contributed by atoms with E-state index >= 15 is 0 Å². The first-order chi connectivity index (χ1) is 8.01. The summed E-state index contributed by atoms with van der Waals surface area (Å²) >= 11 is 0. The molecule has 0 fully saturated rings. The zero-order valence-corrected chi connectivity index (χ0v) is 10.8. The maximum absolute atomic E-state index is 12.0. The van der Waals surface area contributed by atoms with Gasteiger partial charge in [0.25, 0.3) is 0 Å². The van der Waals surface area contributed by atoms with Gasteiger partial charge in [0.15, 0.2) is 0 Å². The summed E-state index contributed by atoms with van der Waals surface area (Å²) in [5.41, 5.74) is 6.11. The smallest absolute Gasteiger partial charge is 0.240 e. The van der Waals surface area contributed by atoms with Crippen molar-refractivity contribution in [3.63, 3.8) is 0 Å². The lowest BCUT2D eigenvalue weighted by Gasteiger charge is -2.13. The molecule has 5 nitrogen and oxygen atoms in total. The second-order valence-corrected chi connectivity index (χ2v) is 5.45. The van der Waals surface area contributed by atoms with Crippen molar-refractivity contribution in [3.05, 3.63) is 29.8 Å². The number of nitrogens with one attached hydrogen (secondary N) is 1. The van der Waals surface area contributed by atoms with Crippen molar-refractivity contribution in [2.24, 2.45) is 5.73 Å². The molecule has 0 aliphatic rings. The van der Waals surface area contributed by atoms with Crippen LogP contribution in [0.25, 0.3) is 0 Å². The first-order valence-electron chi connectivity index (χ1n) is 5.31. The lowest BCUT2D eigenvalue weighted by Crippen LogP contribution is -2.32. The Hall–Kier alpha value is -0.950. The Bertz CT molecular complexity index is 460. The van der Waals surface area contributed by atoms with Crippen LogP contribution in [-0.2, 0) is 21.3 Å². The molecule has 0 saturated heterocycles. The third kappa shape index (κ3) is 3.78. The highest BCUT2D eigenvalue weighted by molar-refractivity contribution is 7.89. The standard InChI is InChI=1S/C11H18N2O3S/c1-9(16-2)8-13-17(14,15)11-6-4-3-5-10(11)7-12/h3-6,9,13H,7-8,12H2,1-2H3. The Morgan fingerprint density at radius 2 is 2.06 bits per heavy atom. The lowest BCUT2D eigenvalue weighted by atomic mass is 10.2. The Kier molecular flexibility index (Phi) is 5.07. The third-order valence-corrected chi connectivity index (χ3v) is 3.97. The minimum absolute atomic E-state index is 0.171. The second kappa shape index (κ2) is 6.11. The van der Waals surface area contributed by atoms with Gasteiger partial charge in [-0.15, -0.1) is 0 Å². The Morgan fingerprint density at radius 1 is 1.41 bits per heavy atom. The first-order valence-corrected chi connectivity index (χ1v) is 6.80. The number of methoxy groups -OCH3 is 1. The quantitative estimate of drug-likeness (QED) is 0.776. The van der Waals surface area contributed by atoms with Crippen LogP contribution in [0.15, 0.2) is 29.2 Å². The highest BCUT2D eigenvalue weighted by Gasteiger charge is 2.17. The molecule has 0 radical (unpaired) electrons. The molecule has 0 heterocycles. The van der Waals surface area contributed by atoms with Crippen LogP contribution in [0.5, 0.6) is 0 Å². The molecule has 96 valence electrons. The van der Waals surface area contributed by atoms with Gasteiger partial charge in [-0.25, -0.2) is 13.1 Å². The molecule has 1 aromatic rings. The maximum atomic E-state index is 12.0. The number of sulfonamides is 1. The van der Waals surface area contributed by atoms with Gasteiger partial charge in [0.05, 0.1) is 11.0 Å². The van der Waals surface area contributed by atoms with Crippen molar-refractivity contribution in [1.82, 2.24) is 4.72 Å². The molecule has 0 bridgehead atoms. The van der Waals surface area contributed by atoms with Gasteiger partial charge in [0, 0.05) is 20.2 Å². The van der Waals surface area contributed by atoms with Crippen LogP contribution in [0.3, 0.4) is 0 Å². The summed E-state index contributed by atoms with van der Waals surface area (Å²) in [5, 5.41) is 0. The average Bonchev–Trinajstić information content (AvgIpc) is 2.35. The number of rotatable bonds is 6. The molecule has 6 heteroatoms. The SMILES string of the molecule is COC(C)CNS(=O)(=O)c1ccccc1CN. The number of hydrogen-bond acceptors (Lipinski definition) is 4. The summed E-state index contributed by atoms with van der Waals surface area (Å²) in [7, 11) is -1.98. The second-order valence-electron chi connectivity index (χ2n) is 3.71. The Morgan fingerprint density at radius 3 is 2.65 bits per heavy atom. The fourth-order valence-electron chi connectivity index (χ4n) is 1.32. The molecule has 1 atom stereocenters. The van der Waals surface area contributed by atoms with Crippen molar-refractivity contribution in [2.45, 2.75) is 24.5 Å². The number of hydrogen-bond donors (Lipinski definition) is 2. The topological polar surface area (TPSA) is 81.4 Å². The summed E-state index contributed by atoms with van der Waals surface area (Å²) in [5.74, 6) is 0. The molecule has 0 saturated carbocycles. The van der Waals surface area contributed by atoms with E-state index in [1.54, 1.807) is 31.2 Å². The highest BCUT2D eigenvalue weighted by Crippen LogP contribution is 2.14. The van der Waals surface area contributed by atoms with Crippen molar-refractivity contribution >= 4 is 10.0 Å². The zero-order chi connectivity index (χ0) is 12.9. The van der Waals surface area contributed by atoms with Gasteiger partial charge >= 0.3 is 0 Å². The molecule has 0 aliphatic heterocycles. The molecule has 17 heavy (non-hydrogen) atoms. The van der Waals surface area contributed by atoms with Gasteiger partial charge in [0.1, 0.15) is 0 Å². The van der Waals surface area contributed by atoms with Gasteiger partial charge in [-0.3, -0.25) is 0 Å².